The van der Waals surface area contributed by atoms with Crippen molar-refractivity contribution in [2.24, 2.45) is 0 Å². The Morgan fingerprint density at radius 3 is 2.70 bits per heavy atom. The molecule has 4 nitrogen and oxygen atoms in total. The zero-order valence-corrected chi connectivity index (χ0v) is 13.6. The molecule has 0 radical (unpaired) electrons. The van der Waals surface area contributed by atoms with Gasteiger partial charge in [0.2, 0.25) is 0 Å². The molecule has 2 N–H and O–H groups in total. The quantitative estimate of drug-likeness (QED) is 0.873. The molecule has 1 aromatic heterocycles. The summed E-state index contributed by atoms with van der Waals surface area (Å²) in [7, 11) is 0. The summed E-state index contributed by atoms with van der Waals surface area (Å²) in [6.45, 7) is 2.62. The van der Waals surface area contributed by atoms with Crippen molar-refractivity contribution in [1.82, 2.24) is 10.2 Å². The summed E-state index contributed by atoms with van der Waals surface area (Å²) in [5.41, 5.74) is 0.193. The summed E-state index contributed by atoms with van der Waals surface area (Å²) in [5.74, 6) is -0.433. The molecule has 0 aliphatic carbocycles. The van der Waals surface area contributed by atoms with Crippen LogP contribution in [0.15, 0.2) is 41.8 Å². The van der Waals surface area contributed by atoms with Gasteiger partial charge in [0.25, 0.3) is 0 Å². The zero-order valence-electron chi connectivity index (χ0n) is 12.8. The van der Waals surface area contributed by atoms with Gasteiger partial charge in [-0.05, 0) is 49.5 Å². The lowest BCUT2D eigenvalue weighted by molar-refractivity contribution is 0.229. The van der Waals surface area contributed by atoms with Gasteiger partial charge in [-0.25, -0.2) is 9.18 Å². The third-order valence-corrected chi connectivity index (χ3v) is 5.00. The van der Waals surface area contributed by atoms with E-state index in [9.17, 15) is 9.18 Å². The number of rotatable bonds is 5. The van der Waals surface area contributed by atoms with E-state index in [2.05, 4.69) is 27.0 Å². The fourth-order valence-electron chi connectivity index (χ4n) is 2.86. The van der Waals surface area contributed by atoms with Crippen LogP contribution in [-0.2, 0) is 0 Å². The summed E-state index contributed by atoms with van der Waals surface area (Å²) in [6, 6.07) is 10.1. The van der Waals surface area contributed by atoms with E-state index in [4.69, 9.17) is 0 Å². The summed E-state index contributed by atoms with van der Waals surface area (Å²) >= 11 is 1.70. The smallest absolute Gasteiger partial charge is 0.319 e. The van der Waals surface area contributed by atoms with Gasteiger partial charge in [-0.1, -0.05) is 18.2 Å². The molecule has 2 heterocycles. The molecule has 0 saturated carbocycles. The Hall–Kier alpha value is -1.92. The van der Waals surface area contributed by atoms with Gasteiger partial charge < -0.3 is 10.6 Å². The number of urea groups is 1. The maximum atomic E-state index is 13.6. The molecule has 3 rings (SSSR count). The van der Waals surface area contributed by atoms with Gasteiger partial charge in [0, 0.05) is 11.4 Å². The van der Waals surface area contributed by atoms with E-state index >= 15 is 0 Å². The van der Waals surface area contributed by atoms with Crippen molar-refractivity contribution in [3.8, 4) is 0 Å². The standard InChI is InChI=1S/C17H20FN3OS/c18-13-6-1-2-7-14(13)20-17(22)19-12-15(16-8-5-11-23-16)21-9-3-4-10-21/h1-2,5-8,11,15H,3-4,9-10,12H2,(H2,19,20,22). The van der Waals surface area contributed by atoms with Crippen LogP contribution in [0.1, 0.15) is 23.8 Å². The Bertz CT molecular complexity index is 641. The molecule has 1 aromatic carbocycles. The Morgan fingerprint density at radius 1 is 1.22 bits per heavy atom. The minimum absolute atomic E-state index is 0.184. The molecule has 122 valence electrons. The highest BCUT2D eigenvalue weighted by Gasteiger charge is 2.24. The number of hydrogen-bond acceptors (Lipinski definition) is 3. The van der Waals surface area contributed by atoms with E-state index < -0.39 is 5.82 Å². The third kappa shape index (κ3) is 4.09. The van der Waals surface area contributed by atoms with Gasteiger partial charge in [-0.3, -0.25) is 4.90 Å². The van der Waals surface area contributed by atoms with Crippen LogP contribution in [-0.4, -0.2) is 30.6 Å². The predicted octanol–water partition coefficient (Wildman–Crippen LogP) is 3.85. The molecule has 6 heteroatoms. The molecule has 1 saturated heterocycles. The molecular weight excluding hydrogens is 313 g/mol. The summed E-state index contributed by atoms with van der Waals surface area (Å²) in [6.07, 6.45) is 2.40. The number of benzene rings is 1. The fraction of sp³-hybridized carbons (Fsp3) is 0.353. The first-order valence-electron chi connectivity index (χ1n) is 7.81. The molecule has 0 bridgehead atoms. The second kappa shape index (κ2) is 7.57. The van der Waals surface area contributed by atoms with Crippen molar-refractivity contribution in [3.63, 3.8) is 0 Å². The number of likely N-dealkylation sites (tertiary alicyclic amines) is 1. The zero-order chi connectivity index (χ0) is 16.1. The van der Waals surface area contributed by atoms with Crippen LogP contribution in [0.5, 0.6) is 0 Å². The van der Waals surface area contributed by atoms with Crippen molar-refractivity contribution in [2.75, 3.05) is 25.0 Å². The molecule has 23 heavy (non-hydrogen) atoms. The number of anilines is 1. The van der Waals surface area contributed by atoms with Crippen LogP contribution >= 0.6 is 11.3 Å². The van der Waals surface area contributed by atoms with E-state index in [1.165, 1.54) is 23.8 Å². The Labute approximate surface area is 139 Å². The van der Waals surface area contributed by atoms with Gasteiger partial charge in [-0.15, -0.1) is 11.3 Å². The lowest BCUT2D eigenvalue weighted by atomic mass is 10.2. The van der Waals surface area contributed by atoms with Crippen molar-refractivity contribution in [2.45, 2.75) is 18.9 Å². The molecular formula is C17H20FN3OS. The first-order valence-corrected chi connectivity index (χ1v) is 8.69. The predicted molar refractivity (Wildman–Crippen MR) is 91.3 cm³/mol. The Morgan fingerprint density at radius 2 is 2.00 bits per heavy atom. The monoisotopic (exact) mass is 333 g/mol. The number of carbonyl (C=O) groups excluding carboxylic acids is 1. The molecule has 2 aromatic rings. The highest BCUT2D eigenvalue weighted by molar-refractivity contribution is 7.10. The summed E-state index contributed by atoms with van der Waals surface area (Å²) in [4.78, 5) is 15.7. The third-order valence-electron chi connectivity index (χ3n) is 4.03. The first-order chi connectivity index (χ1) is 11.2. The molecule has 1 aliphatic heterocycles. The highest BCUT2D eigenvalue weighted by Crippen LogP contribution is 2.27. The van der Waals surface area contributed by atoms with Crippen molar-refractivity contribution in [3.05, 3.63) is 52.5 Å². The van der Waals surface area contributed by atoms with Gasteiger partial charge in [-0.2, -0.15) is 0 Å². The van der Waals surface area contributed by atoms with Gasteiger partial charge >= 0.3 is 6.03 Å². The largest absolute Gasteiger partial charge is 0.336 e. The van der Waals surface area contributed by atoms with Crippen molar-refractivity contribution < 1.29 is 9.18 Å². The van der Waals surface area contributed by atoms with Gasteiger partial charge in [0.1, 0.15) is 5.82 Å². The van der Waals surface area contributed by atoms with Crippen LogP contribution < -0.4 is 10.6 Å². The molecule has 1 unspecified atom stereocenters. The topological polar surface area (TPSA) is 44.4 Å². The van der Waals surface area contributed by atoms with Crippen molar-refractivity contribution in [1.29, 1.82) is 0 Å². The van der Waals surface area contributed by atoms with E-state index in [0.29, 0.717) is 6.54 Å². The average Bonchev–Trinajstić information content (AvgIpc) is 3.23. The van der Waals surface area contributed by atoms with E-state index in [0.717, 1.165) is 13.1 Å². The molecule has 2 amide bonds. The summed E-state index contributed by atoms with van der Waals surface area (Å²) < 4.78 is 13.6. The number of nitrogens with one attached hydrogen (secondary N) is 2. The lowest BCUT2D eigenvalue weighted by Crippen LogP contribution is -2.38. The minimum atomic E-state index is -0.433. The fourth-order valence-corrected chi connectivity index (χ4v) is 3.72. The summed E-state index contributed by atoms with van der Waals surface area (Å²) in [5, 5.41) is 7.49. The highest BCUT2D eigenvalue weighted by atomic mass is 32.1. The van der Waals surface area contributed by atoms with Crippen LogP contribution in [0.2, 0.25) is 0 Å². The van der Waals surface area contributed by atoms with Crippen molar-refractivity contribution >= 4 is 23.1 Å². The first kappa shape index (κ1) is 16.0. The number of halogens is 1. The number of amides is 2. The second-order valence-corrected chi connectivity index (χ2v) is 6.57. The van der Waals surface area contributed by atoms with Crippen LogP contribution in [0.25, 0.3) is 0 Å². The van der Waals surface area contributed by atoms with Gasteiger partial charge in [0.05, 0.1) is 11.7 Å². The second-order valence-electron chi connectivity index (χ2n) is 5.59. The van der Waals surface area contributed by atoms with Crippen LogP contribution in [0.4, 0.5) is 14.9 Å². The SMILES string of the molecule is O=C(NCC(c1cccs1)N1CCCC1)Nc1ccccc1F. The van der Waals surface area contributed by atoms with E-state index in [1.807, 2.05) is 6.07 Å². The van der Waals surface area contributed by atoms with E-state index in [1.54, 1.807) is 29.5 Å². The maximum Gasteiger partial charge on any atom is 0.319 e. The number of para-hydroxylation sites is 1. The molecule has 0 spiro atoms. The van der Waals surface area contributed by atoms with E-state index in [-0.39, 0.29) is 17.8 Å². The van der Waals surface area contributed by atoms with Gasteiger partial charge in [0.15, 0.2) is 0 Å². The Kier molecular flexibility index (Phi) is 5.25. The number of carbonyl (C=O) groups is 1. The van der Waals surface area contributed by atoms with Crippen LogP contribution in [0, 0.1) is 5.82 Å². The van der Waals surface area contributed by atoms with Crippen LogP contribution in [0.3, 0.4) is 0 Å². The lowest BCUT2D eigenvalue weighted by Gasteiger charge is -2.26. The maximum absolute atomic E-state index is 13.6. The minimum Gasteiger partial charge on any atom is -0.336 e. The molecule has 1 aliphatic rings. The number of thiophene rings is 1. The number of hydrogen-bond donors (Lipinski definition) is 2. The average molecular weight is 333 g/mol. The molecule has 1 atom stereocenters. The molecule has 1 fully saturated rings. The normalized spacial score (nSPS) is 16.2. The number of nitrogens with zero attached hydrogens (tertiary/aromatic N) is 1. The Balaban J connectivity index is 1.60.